The fourth-order valence-corrected chi connectivity index (χ4v) is 2.46. The SMILES string of the molecule is CCCCCOc1ccc(NC(=S)NC(=O)C2=CCNO2)cc1C(F)(F)F. The summed E-state index contributed by atoms with van der Waals surface area (Å²) < 4.78 is 45.2. The third-order valence-corrected chi connectivity index (χ3v) is 3.76. The van der Waals surface area contributed by atoms with Gasteiger partial charge in [-0.1, -0.05) is 19.8 Å². The second-order valence-electron chi connectivity index (χ2n) is 5.69. The Labute approximate surface area is 160 Å². The molecule has 0 saturated heterocycles. The molecule has 10 heteroatoms. The van der Waals surface area contributed by atoms with Crippen molar-refractivity contribution in [3.8, 4) is 5.75 Å². The van der Waals surface area contributed by atoms with Crippen LogP contribution in [0.2, 0.25) is 0 Å². The van der Waals surface area contributed by atoms with Crippen molar-refractivity contribution in [3.05, 3.63) is 35.6 Å². The van der Waals surface area contributed by atoms with Crippen molar-refractivity contribution in [2.45, 2.75) is 32.4 Å². The van der Waals surface area contributed by atoms with Crippen LogP contribution in [0.1, 0.15) is 31.7 Å². The van der Waals surface area contributed by atoms with Crippen molar-refractivity contribution < 1.29 is 27.5 Å². The largest absolute Gasteiger partial charge is 0.493 e. The molecule has 0 fully saturated rings. The van der Waals surface area contributed by atoms with E-state index in [-0.39, 0.29) is 28.9 Å². The summed E-state index contributed by atoms with van der Waals surface area (Å²) >= 11 is 4.96. The number of hydrogen-bond acceptors (Lipinski definition) is 5. The van der Waals surface area contributed by atoms with Gasteiger partial charge in [-0.3, -0.25) is 10.1 Å². The molecule has 3 N–H and O–H groups in total. The minimum Gasteiger partial charge on any atom is -0.493 e. The fraction of sp³-hybridized carbons (Fsp3) is 0.412. The lowest BCUT2D eigenvalue weighted by molar-refractivity contribution is -0.138. The molecular weight excluding hydrogens is 383 g/mol. The van der Waals surface area contributed by atoms with Gasteiger partial charge in [0.25, 0.3) is 5.91 Å². The smallest absolute Gasteiger partial charge is 0.420 e. The molecule has 0 radical (unpaired) electrons. The zero-order valence-electron chi connectivity index (χ0n) is 14.6. The number of ether oxygens (including phenoxy) is 1. The first-order valence-electron chi connectivity index (χ1n) is 8.37. The average molecular weight is 403 g/mol. The molecule has 0 aliphatic carbocycles. The molecule has 6 nitrogen and oxygen atoms in total. The molecule has 1 amide bonds. The molecule has 2 rings (SSSR count). The molecular formula is C17H20F3N3O3S. The highest BCUT2D eigenvalue weighted by molar-refractivity contribution is 7.80. The summed E-state index contributed by atoms with van der Waals surface area (Å²) in [5.41, 5.74) is 1.64. The van der Waals surface area contributed by atoms with Gasteiger partial charge in [-0.25, -0.2) is 0 Å². The third-order valence-electron chi connectivity index (χ3n) is 3.55. The maximum absolute atomic E-state index is 13.3. The predicted molar refractivity (Wildman–Crippen MR) is 98.0 cm³/mol. The summed E-state index contributed by atoms with van der Waals surface area (Å²) in [6.07, 6.45) is -0.581. The van der Waals surface area contributed by atoms with Gasteiger partial charge < -0.3 is 14.9 Å². The van der Waals surface area contributed by atoms with Crippen molar-refractivity contribution in [1.82, 2.24) is 10.8 Å². The molecule has 1 heterocycles. The third kappa shape index (κ3) is 6.40. The van der Waals surface area contributed by atoms with Gasteiger partial charge in [0.2, 0.25) is 5.76 Å². The van der Waals surface area contributed by atoms with E-state index in [1.807, 2.05) is 6.92 Å². The van der Waals surface area contributed by atoms with Gasteiger partial charge in [0.05, 0.1) is 18.7 Å². The maximum atomic E-state index is 13.3. The quantitative estimate of drug-likeness (QED) is 0.478. The highest BCUT2D eigenvalue weighted by Gasteiger charge is 2.34. The van der Waals surface area contributed by atoms with E-state index in [4.69, 9.17) is 21.8 Å². The molecule has 1 aromatic carbocycles. The second kappa shape index (κ2) is 9.56. The van der Waals surface area contributed by atoms with E-state index < -0.39 is 17.6 Å². The van der Waals surface area contributed by atoms with E-state index in [9.17, 15) is 18.0 Å². The van der Waals surface area contributed by atoms with Gasteiger partial charge in [-0.2, -0.15) is 18.7 Å². The first kappa shape index (κ1) is 21.0. The van der Waals surface area contributed by atoms with E-state index in [0.717, 1.165) is 18.9 Å². The second-order valence-corrected chi connectivity index (χ2v) is 6.10. The lowest BCUT2D eigenvalue weighted by atomic mass is 10.1. The average Bonchev–Trinajstić information content (AvgIpc) is 3.13. The van der Waals surface area contributed by atoms with Crippen molar-refractivity contribution in [2.24, 2.45) is 0 Å². The first-order valence-corrected chi connectivity index (χ1v) is 8.78. The Morgan fingerprint density at radius 2 is 2.15 bits per heavy atom. The van der Waals surface area contributed by atoms with Crippen LogP contribution in [0, 0.1) is 0 Å². The molecule has 27 heavy (non-hydrogen) atoms. The number of carbonyl (C=O) groups is 1. The number of carbonyl (C=O) groups excluding carboxylic acids is 1. The highest BCUT2D eigenvalue weighted by atomic mass is 32.1. The highest BCUT2D eigenvalue weighted by Crippen LogP contribution is 2.38. The Bertz CT molecular complexity index is 723. The van der Waals surface area contributed by atoms with Crippen LogP contribution in [0.15, 0.2) is 30.0 Å². The van der Waals surface area contributed by atoms with E-state index in [1.54, 1.807) is 0 Å². The number of rotatable bonds is 7. The number of hydroxylamine groups is 1. The molecule has 148 valence electrons. The molecule has 0 aromatic heterocycles. The summed E-state index contributed by atoms with van der Waals surface area (Å²) in [5, 5.41) is 4.73. The van der Waals surface area contributed by atoms with Crippen LogP contribution in [-0.2, 0) is 15.8 Å². The number of unbranched alkanes of at least 4 members (excludes halogenated alkanes) is 2. The summed E-state index contributed by atoms with van der Waals surface area (Å²) in [5.74, 6) is -0.815. The van der Waals surface area contributed by atoms with Gasteiger partial charge in [0, 0.05) is 5.69 Å². The summed E-state index contributed by atoms with van der Waals surface area (Å²) in [6, 6.07) is 3.52. The molecule has 0 spiro atoms. The van der Waals surface area contributed by atoms with E-state index >= 15 is 0 Å². The number of nitrogens with one attached hydrogen (secondary N) is 3. The normalized spacial score (nSPS) is 13.6. The predicted octanol–water partition coefficient (Wildman–Crippen LogP) is 3.51. The minimum atomic E-state index is -4.59. The Morgan fingerprint density at radius 1 is 1.37 bits per heavy atom. The van der Waals surface area contributed by atoms with Gasteiger partial charge in [-0.05, 0) is 42.9 Å². The molecule has 0 bridgehead atoms. The molecule has 1 aliphatic heterocycles. The summed E-state index contributed by atoms with van der Waals surface area (Å²) in [6.45, 7) is 2.58. The van der Waals surface area contributed by atoms with Crippen molar-refractivity contribution in [3.63, 3.8) is 0 Å². The first-order chi connectivity index (χ1) is 12.8. The number of alkyl halides is 3. The molecule has 1 aromatic rings. The summed E-state index contributed by atoms with van der Waals surface area (Å²) in [7, 11) is 0. The van der Waals surface area contributed by atoms with Crippen LogP contribution in [0.4, 0.5) is 18.9 Å². The van der Waals surface area contributed by atoms with Crippen LogP contribution in [0.5, 0.6) is 5.75 Å². The molecule has 0 saturated carbocycles. The van der Waals surface area contributed by atoms with Gasteiger partial charge >= 0.3 is 6.18 Å². The Kier molecular flexibility index (Phi) is 7.43. The Hall–Kier alpha value is -2.33. The number of halogens is 3. The van der Waals surface area contributed by atoms with E-state index in [2.05, 4.69) is 16.1 Å². The zero-order valence-corrected chi connectivity index (χ0v) is 15.4. The standard InChI is InChI=1S/C17H20F3N3O3S/c1-2-3-4-9-25-13-6-5-11(10-12(13)17(18,19)20)22-16(27)23-15(24)14-7-8-21-26-14/h5-7,10,21H,2-4,8-9H2,1H3,(H2,22,23,24,27). The lowest BCUT2D eigenvalue weighted by Crippen LogP contribution is -2.35. The van der Waals surface area contributed by atoms with Gasteiger partial charge in [0.15, 0.2) is 5.11 Å². The number of hydrogen-bond donors (Lipinski definition) is 3. The van der Waals surface area contributed by atoms with E-state index in [1.165, 1.54) is 18.2 Å². The van der Waals surface area contributed by atoms with Crippen LogP contribution in [0.25, 0.3) is 0 Å². The van der Waals surface area contributed by atoms with Gasteiger partial charge in [0.1, 0.15) is 5.75 Å². The number of anilines is 1. The van der Waals surface area contributed by atoms with Crippen LogP contribution in [0.3, 0.4) is 0 Å². The number of thiocarbonyl (C=S) groups is 1. The monoisotopic (exact) mass is 403 g/mol. The van der Waals surface area contributed by atoms with Crippen LogP contribution >= 0.6 is 12.2 Å². The topological polar surface area (TPSA) is 71.6 Å². The Morgan fingerprint density at radius 3 is 2.78 bits per heavy atom. The van der Waals surface area contributed by atoms with Crippen molar-refractivity contribution in [2.75, 3.05) is 18.5 Å². The molecule has 0 unspecified atom stereocenters. The van der Waals surface area contributed by atoms with Crippen LogP contribution < -0.4 is 20.9 Å². The van der Waals surface area contributed by atoms with Crippen LogP contribution in [-0.4, -0.2) is 24.2 Å². The van der Waals surface area contributed by atoms with E-state index in [0.29, 0.717) is 13.0 Å². The zero-order chi connectivity index (χ0) is 19.9. The molecule has 0 atom stereocenters. The summed E-state index contributed by atoms with van der Waals surface area (Å²) in [4.78, 5) is 16.7. The Balaban J connectivity index is 2.03. The fourth-order valence-electron chi connectivity index (χ4n) is 2.25. The molecule has 1 aliphatic rings. The van der Waals surface area contributed by atoms with Crippen molar-refractivity contribution >= 4 is 28.9 Å². The maximum Gasteiger partial charge on any atom is 0.420 e. The van der Waals surface area contributed by atoms with Crippen molar-refractivity contribution in [1.29, 1.82) is 0 Å². The number of amides is 1. The minimum absolute atomic E-state index is 0.0333. The number of benzene rings is 1. The lowest BCUT2D eigenvalue weighted by Gasteiger charge is -2.16. The van der Waals surface area contributed by atoms with Gasteiger partial charge in [-0.15, -0.1) is 0 Å².